The molecule has 0 fully saturated rings. The van der Waals surface area contributed by atoms with Crippen molar-refractivity contribution < 1.29 is 47.6 Å². The second-order valence-corrected chi connectivity index (χ2v) is 11.4. The van der Waals surface area contributed by atoms with E-state index in [2.05, 4.69) is 28.7 Å². The number of hydrogen-bond acceptors (Lipinski definition) is 14. The lowest BCUT2D eigenvalue weighted by Crippen LogP contribution is -2.11. The summed E-state index contributed by atoms with van der Waals surface area (Å²) < 4.78 is 32.4. The van der Waals surface area contributed by atoms with Crippen molar-refractivity contribution in [3.8, 4) is 17.2 Å². The van der Waals surface area contributed by atoms with Gasteiger partial charge >= 0.3 is 23.9 Å². The maximum absolute atomic E-state index is 13.1. The molecule has 264 valence electrons. The van der Waals surface area contributed by atoms with Crippen molar-refractivity contribution in [3.63, 3.8) is 0 Å². The first-order chi connectivity index (χ1) is 25.3. The fraction of sp³-hybridized carbons (Fsp3) is 0.105. The number of para-hydroxylation sites is 1. The third kappa shape index (κ3) is 10.6. The third-order valence-electron chi connectivity index (χ3n) is 6.93. The minimum atomic E-state index is -0.630. The Balaban J connectivity index is 1.22. The summed E-state index contributed by atoms with van der Waals surface area (Å²) >= 11 is 1.44. The Hall–Kier alpha value is -6.80. The number of nitrogens with zero attached hydrogens (tertiary/aromatic N) is 2. The lowest BCUT2D eigenvalue weighted by molar-refractivity contribution is -0.145. The lowest BCUT2D eigenvalue weighted by Gasteiger charge is -2.11. The number of nitrogens with one attached hydrogen (secondary N) is 1. The molecule has 0 saturated heterocycles. The Morgan fingerprint density at radius 2 is 1.37 bits per heavy atom. The van der Waals surface area contributed by atoms with Crippen LogP contribution in [0.15, 0.2) is 121 Å². The van der Waals surface area contributed by atoms with E-state index >= 15 is 0 Å². The molecule has 4 aromatic carbocycles. The highest BCUT2D eigenvalue weighted by Gasteiger charge is 2.14. The van der Waals surface area contributed by atoms with Gasteiger partial charge in [0.05, 0.1) is 34.2 Å². The van der Waals surface area contributed by atoms with Crippen LogP contribution in [-0.4, -0.2) is 55.3 Å². The average Bonchev–Trinajstić information content (AvgIpc) is 3.59. The van der Waals surface area contributed by atoms with Crippen LogP contribution < -0.4 is 19.6 Å². The zero-order chi connectivity index (χ0) is 36.7. The van der Waals surface area contributed by atoms with Crippen LogP contribution in [0.25, 0.3) is 10.2 Å². The van der Waals surface area contributed by atoms with Crippen molar-refractivity contribution in [2.45, 2.75) is 6.42 Å². The fourth-order valence-corrected chi connectivity index (χ4v) is 5.15. The molecule has 0 unspecified atom stereocenters. The van der Waals surface area contributed by atoms with Gasteiger partial charge in [-0.3, -0.25) is 5.43 Å². The topological polar surface area (TPSA) is 161 Å². The Labute approximate surface area is 301 Å². The number of ether oxygens (including phenoxy) is 6. The molecule has 1 N–H and O–H groups in total. The molecule has 5 aromatic rings. The molecule has 5 rings (SSSR count). The molecule has 0 aliphatic heterocycles. The van der Waals surface area contributed by atoms with Gasteiger partial charge in [0.25, 0.3) is 0 Å². The second kappa shape index (κ2) is 18.3. The minimum absolute atomic E-state index is 0.0650. The maximum Gasteiger partial charge on any atom is 0.343 e. The Morgan fingerprint density at radius 3 is 1.98 bits per heavy atom. The van der Waals surface area contributed by atoms with Crippen LogP contribution in [-0.2, 0) is 30.2 Å². The summed E-state index contributed by atoms with van der Waals surface area (Å²) in [6.07, 6.45) is 3.91. The quantitative estimate of drug-likeness (QED) is 0.0212. The Bertz CT molecular complexity index is 2060. The van der Waals surface area contributed by atoms with Gasteiger partial charge in [-0.05, 0) is 78.4 Å². The number of thiazole rings is 1. The number of hydrogen-bond donors (Lipinski definition) is 1. The summed E-state index contributed by atoms with van der Waals surface area (Å²) in [6.45, 7) is 6.09. The van der Waals surface area contributed by atoms with E-state index in [1.807, 2.05) is 24.3 Å². The van der Waals surface area contributed by atoms with Crippen LogP contribution in [0.5, 0.6) is 17.2 Å². The van der Waals surface area contributed by atoms with Gasteiger partial charge in [0, 0.05) is 24.1 Å². The molecule has 1 heterocycles. The van der Waals surface area contributed by atoms with E-state index in [0.717, 1.165) is 27.9 Å². The molecular formula is C38H31N3O10S. The van der Waals surface area contributed by atoms with Gasteiger partial charge in [-0.15, -0.1) is 0 Å². The van der Waals surface area contributed by atoms with Gasteiger partial charge in [0.2, 0.25) is 18.7 Å². The van der Waals surface area contributed by atoms with E-state index in [1.54, 1.807) is 42.5 Å². The SMILES string of the molecule is C=CC(=O)OCOc1ccc(C(=O)OCCc2ccc(OC(=O)c3ccc(OCOC(=O)C=C)cc3)c(/C=N/Nc3nc4ccccc4s3)c2)cc1. The molecule has 14 heteroatoms. The van der Waals surface area contributed by atoms with E-state index in [-0.39, 0.29) is 31.5 Å². The summed E-state index contributed by atoms with van der Waals surface area (Å²) in [5.41, 5.74) is 5.58. The zero-order valence-corrected chi connectivity index (χ0v) is 28.3. The van der Waals surface area contributed by atoms with E-state index < -0.39 is 23.9 Å². The number of benzene rings is 4. The first kappa shape index (κ1) is 36.5. The van der Waals surface area contributed by atoms with Gasteiger partial charge in [0.15, 0.2) is 0 Å². The van der Waals surface area contributed by atoms with Crippen LogP contribution in [0.3, 0.4) is 0 Å². The smallest absolute Gasteiger partial charge is 0.343 e. The first-order valence-electron chi connectivity index (χ1n) is 15.5. The Morgan fingerprint density at radius 1 is 0.750 bits per heavy atom. The third-order valence-corrected chi connectivity index (χ3v) is 7.87. The molecule has 0 aliphatic rings. The zero-order valence-electron chi connectivity index (χ0n) is 27.5. The second-order valence-electron chi connectivity index (χ2n) is 10.4. The maximum atomic E-state index is 13.1. The molecule has 0 spiro atoms. The normalized spacial score (nSPS) is 10.6. The summed E-state index contributed by atoms with van der Waals surface area (Å²) in [7, 11) is 0. The van der Waals surface area contributed by atoms with Gasteiger partial charge in [-0.25, -0.2) is 24.2 Å². The number of hydrazone groups is 1. The standard InChI is InChI=1S/C38H31N3O10S/c1-3-34(42)49-23-47-29-14-10-26(11-15-29)36(44)46-20-19-25-9-18-32(28(21-25)22-39-41-38-40-31-7-5-6-8-33(31)52-38)51-37(45)27-12-16-30(17-13-27)48-24-50-35(43)4-2/h3-18,21-22H,1-2,19-20,23-24H2,(H,40,41)/b39-22+. The lowest BCUT2D eigenvalue weighted by atomic mass is 10.1. The molecule has 0 bridgehead atoms. The van der Waals surface area contributed by atoms with E-state index in [4.69, 9.17) is 28.4 Å². The molecule has 0 aliphatic carbocycles. The van der Waals surface area contributed by atoms with Crippen LogP contribution >= 0.6 is 11.3 Å². The predicted molar refractivity (Wildman–Crippen MR) is 193 cm³/mol. The number of anilines is 1. The molecule has 0 saturated carbocycles. The van der Waals surface area contributed by atoms with Gasteiger partial charge in [-0.1, -0.05) is 42.7 Å². The number of carbonyl (C=O) groups excluding carboxylic acids is 4. The van der Waals surface area contributed by atoms with E-state index in [1.165, 1.54) is 41.8 Å². The molecule has 0 radical (unpaired) electrons. The summed E-state index contributed by atoms with van der Waals surface area (Å²) in [5.74, 6) is -1.39. The highest BCUT2D eigenvalue weighted by atomic mass is 32.1. The largest absolute Gasteiger partial charge is 0.462 e. The number of fused-ring (bicyclic) bond motifs is 1. The van der Waals surface area contributed by atoms with Crippen molar-refractivity contribution in [1.29, 1.82) is 0 Å². The van der Waals surface area contributed by atoms with Crippen molar-refractivity contribution in [2.24, 2.45) is 5.10 Å². The summed E-state index contributed by atoms with van der Waals surface area (Å²) in [6, 6.07) is 25.1. The highest BCUT2D eigenvalue weighted by molar-refractivity contribution is 7.22. The monoisotopic (exact) mass is 721 g/mol. The molecule has 0 atom stereocenters. The Kier molecular flexibility index (Phi) is 12.8. The molecule has 52 heavy (non-hydrogen) atoms. The fourth-order valence-electron chi connectivity index (χ4n) is 4.33. The van der Waals surface area contributed by atoms with Crippen LogP contribution in [0.4, 0.5) is 5.13 Å². The van der Waals surface area contributed by atoms with Crippen molar-refractivity contribution >= 4 is 56.8 Å². The van der Waals surface area contributed by atoms with Crippen molar-refractivity contribution in [2.75, 3.05) is 25.6 Å². The van der Waals surface area contributed by atoms with Gasteiger partial charge in [-0.2, -0.15) is 5.10 Å². The molecule has 0 amide bonds. The first-order valence-corrected chi connectivity index (χ1v) is 16.3. The minimum Gasteiger partial charge on any atom is -0.462 e. The van der Waals surface area contributed by atoms with E-state index in [9.17, 15) is 19.2 Å². The number of aromatic nitrogens is 1. The van der Waals surface area contributed by atoms with Crippen molar-refractivity contribution in [1.82, 2.24) is 4.98 Å². The van der Waals surface area contributed by atoms with Crippen LogP contribution in [0.1, 0.15) is 31.8 Å². The van der Waals surface area contributed by atoms with Crippen LogP contribution in [0.2, 0.25) is 0 Å². The highest BCUT2D eigenvalue weighted by Crippen LogP contribution is 2.26. The summed E-state index contributed by atoms with van der Waals surface area (Å²) in [5, 5.41) is 4.91. The molecule has 13 nitrogen and oxygen atoms in total. The molecular weight excluding hydrogens is 690 g/mol. The van der Waals surface area contributed by atoms with E-state index in [0.29, 0.717) is 34.2 Å². The van der Waals surface area contributed by atoms with Crippen LogP contribution in [0, 0.1) is 0 Å². The number of carbonyl (C=O) groups is 4. The number of esters is 4. The average molecular weight is 722 g/mol. The molecule has 1 aromatic heterocycles. The number of rotatable bonds is 17. The predicted octanol–water partition coefficient (Wildman–Crippen LogP) is 6.49. The van der Waals surface area contributed by atoms with Crippen molar-refractivity contribution in [3.05, 3.63) is 139 Å². The van der Waals surface area contributed by atoms with Gasteiger partial charge < -0.3 is 28.4 Å². The van der Waals surface area contributed by atoms with Gasteiger partial charge in [0.1, 0.15) is 17.2 Å². The summed E-state index contributed by atoms with van der Waals surface area (Å²) in [4.78, 5) is 52.6.